The summed E-state index contributed by atoms with van der Waals surface area (Å²) in [5, 5.41) is 2.61. The lowest BCUT2D eigenvalue weighted by Gasteiger charge is -2.09. The molecule has 8 nitrogen and oxygen atoms in total. The number of rotatable bonds is 11. The lowest BCUT2D eigenvalue weighted by Crippen LogP contribution is -2.27. The van der Waals surface area contributed by atoms with Gasteiger partial charge in [0.1, 0.15) is 0 Å². The number of benzene rings is 2. The van der Waals surface area contributed by atoms with Crippen LogP contribution in [0.3, 0.4) is 0 Å². The summed E-state index contributed by atoms with van der Waals surface area (Å²) in [6.07, 6.45) is 1.56. The molecule has 0 unspecified atom stereocenters. The summed E-state index contributed by atoms with van der Waals surface area (Å²) < 4.78 is 54.3. The highest BCUT2D eigenvalue weighted by atomic mass is 79.9. The third-order valence-electron chi connectivity index (χ3n) is 4.04. The molecule has 0 aliphatic rings. The van der Waals surface area contributed by atoms with Gasteiger partial charge in [0.25, 0.3) is 0 Å². The average molecular weight is 518 g/mol. The number of anilines is 1. The van der Waals surface area contributed by atoms with E-state index in [0.29, 0.717) is 12.2 Å². The molecule has 3 N–H and O–H groups in total. The third-order valence-corrected chi connectivity index (χ3v) is 7.52. The molecule has 164 valence electrons. The van der Waals surface area contributed by atoms with Gasteiger partial charge in [-0.15, -0.1) is 0 Å². The predicted octanol–water partition coefficient (Wildman–Crippen LogP) is 2.83. The summed E-state index contributed by atoms with van der Waals surface area (Å²) in [5.74, 6) is -0.398. The number of carbonyl (C=O) groups excluding carboxylic acids is 1. The number of unbranched alkanes of at least 4 members (excludes halogenated alkanes) is 1. The van der Waals surface area contributed by atoms with Crippen molar-refractivity contribution < 1.29 is 21.6 Å². The van der Waals surface area contributed by atoms with Crippen molar-refractivity contribution >= 4 is 47.6 Å². The van der Waals surface area contributed by atoms with E-state index in [1.54, 1.807) is 12.1 Å². The maximum Gasteiger partial charge on any atom is 0.240 e. The van der Waals surface area contributed by atoms with E-state index in [1.807, 2.05) is 6.92 Å². The highest BCUT2D eigenvalue weighted by Gasteiger charge is 2.15. The quantitative estimate of drug-likeness (QED) is 0.395. The van der Waals surface area contributed by atoms with Crippen LogP contribution in [0.4, 0.5) is 5.69 Å². The number of nitrogens with one attached hydrogen (secondary N) is 3. The van der Waals surface area contributed by atoms with Crippen LogP contribution in [0.1, 0.15) is 26.2 Å². The molecule has 0 aromatic heterocycles. The highest BCUT2D eigenvalue weighted by Crippen LogP contribution is 2.15. The Morgan fingerprint density at radius 1 is 0.833 bits per heavy atom. The van der Waals surface area contributed by atoms with E-state index in [-0.39, 0.29) is 22.8 Å². The molecule has 2 aromatic carbocycles. The summed E-state index contributed by atoms with van der Waals surface area (Å²) in [5.41, 5.74) is 0.420. The molecule has 0 spiro atoms. The second-order valence-corrected chi connectivity index (χ2v) is 10.9. The topological polar surface area (TPSA) is 121 Å². The minimum atomic E-state index is -3.70. The Balaban J connectivity index is 1.85. The van der Waals surface area contributed by atoms with Crippen molar-refractivity contribution in [3.63, 3.8) is 0 Å². The van der Waals surface area contributed by atoms with Gasteiger partial charge in [0.2, 0.25) is 26.0 Å². The molecule has 0 aliphatic carbocycles. The van der Waals surface area contributed by atoms with Gasteiger partial charge in [0.05, 0.1) is 9.79 Å². The second-order valence-electron chi connectivity index (χ2n) is 6.43. The first-order chi connectivity index (χ1) is 14.1. The monoisotopic (exact) mass is 517 g/mol. The molecule has 0 heterocycles. The zero-order chi connectivity index (χ0) is 22.2. The molecule has 30 heavy (non-hydrogen) atoms. The third kappa shape index (κ3) is 7.47. The van der Waals surface area contributed by atoms with E-state index in [2.05, 4.69) is 30.7 Å². The molecule has 0 radical (unpaired) electrons. The molecule has 0 bridgehead atoms. The Morgan fingerprint density at radius 2 is 1.33 bits per heavy atom. The summed E-state index contributed by atoms with van der Waals surface area (Å²) in [6, 6.07) is 11.9. The van der Waals surface area contributed by atoms with Crippen molar-refractivity contribution in [2.45, 2.75) is 36.0 Å². The van der Waals surface area contributed by atoms with Gasteiger partial charge in [-0.1, -0.05) is 29.3 Å². The van der Waals surface area contributed by atoms with E-state index in [1.165, 1.54) is 36.4 Å². The minimum absolute atomic E-state index is 0.0714. The molecule has 0 saturated heterocycles. The normalized spacial score (nSPS) is 11.9. The Kier molecular flexibility index (Phi) is 8.98. The van der Waals surface area contributed by atoms with Crippen LogP contribution in [0.2, 0.25) is 0 Å². The van der Waals surface area contributed by atoms with Crippen LogP contribution >= 0.6 is 15.9 Å². The van der Waals surface area contributed by atoms with Crippen molar-refractivity contribution in [3.05, 3.63) is 53.0 Å². The van der Waals surface area contributed by atoms with Crippen molar-refractivity contribution in [1.29, 1.82) is 0 Å². The molecule has 0 saturated carbocycles. The molecule has 0 fully saturated rings. The molecular formula is C19H24BrN3O5S2. The van der Waals surface area contributed by atoms with Crippen molar-refractivity contribution in [2.24, 2.45) is 0 Å². The summed E-state index contributed by atoms with van der Waals surface area (Å²) in [7, 11) is -7.28. The molecule has 2 rings (SSSR count). The Bertz CT molecular complexity index is 1050. The molecular weight excluding hydrogens is 494 g/mol. The average Bonchev–Trinajstić information content (AvgIpc) is 2.68. The Morgan fingerprint density at radius 3 is 1.87 bits per heavy atom. The molecule has 0 aliphatic heterocycles. The molecule has 2 aromatic rings. The van der Waals surface area contributed by atoms with Crippen LogP contribution in [-0.2, 0) is 24.8 Å². The molecule has 1 amide bonds. The summed E-state index contributed by atoms with van der Waals surface area (Å²) >= 11 is 3.24. The summed E-state index contributed by atoms with van der Waals surface area (Å²) in [4.78, 5) is 12.3. The lowest BCUT2D eigenvalue weighted by molar-refractivity contribution is -0.116. The fourth-order valence-electron chi connectivity index (χ4n) is 2.40. The van der Waals surface area contributed by atoms with Crippen LogP contribution in [0, 0.1) is 0 Å². The smallest absolute Gasteiger partial charge is 0.240 e. The highest BCUT2D eigenvalue weighted by molar-refractivity contribution is 9.10. The predicted molar refractivity (Wildman–Crippen MR) is 119 cm³/mol. The standard InChI is InChI=1S/C19H24BrN3O5S2/c1-2-3-13-21-29(25,26)18-10-6-16(7-11-18)23-19(24)12-14-22-30(27,28)17-8-4-15(20)5-9-17/h4-11,21-22H,2-3,12-14H2,1H3,(H,23,24). The van der Waals surface area contributed by atoms with Gasteiger partial charge >= 0.3 is 0 Å². The summed E-state index contributed by atoms with van der Waals surface area (Å²) in [6.45, 7) is 2.27. The van der Waals surface area contributed by atoms with Crippen LogP contribution in [0.5, 0.6) is 0 Å². The number of amides is 1. The first-order valence-electron chi connectivity index (χ1n) is 9.29. The van der Waals surface area contributed by atoms with E-state index < -0.39 is 26.0 Å². The molecule has 11 heteroatoms. The van der Waals surface area contributed by atoms with Gasteiger partial charge in [-0.2, -0.15) is 0 Å². The number of hydrogen-bond donors (Lipinski definition) is 3. The van der Waals surface area contributed by atoms with Crippen LogP contribution in [0.25, 0.3) is 0 Å². The fourth-order valence-corrected chi connectivity index (χ4v) is 4.77. The van der Waals surface area contributed by atoms with Gasteiger partial charge in [0, 0.05) is 29.7 Å². The van der Waals surface area contributed by atoms with E-state index in [0.717, 1.165) is 17.3 Å². The number of sulfonamides is 2. The van der Waals surface area contributed by atoms with E-state index in [4.69, 9.17) is 0 Å². The van der Waals surface area contributed by atoms with Crippen molar-refractivity contribution in [2.75, 3.05) is 18.4 Å². The van der Waals surface area contributed by atoms with Gasteiger partial charge in [0.15, 0.2) is 0 Å². The van der Waals surface area contributed by atoms with E-state index >= 15 is 0 Å². The van der Waals surface area contributed by atoms with Crippen LogP contribution in [0.15, 0.2) is 62.8 Å². The molecule has 0 atom stereocenters. The van der Waals surface area contributed by atoms with Crippen molar-refractivity contribution in [1.82, 2.24) is 9.44 Å². The van der Waals surface area contributed by atoms with Gasteiger partial charge in [-0.05, 0) is 55.0 Å². The Hall–Kier alpha value is -1.79. The van der Waals surface area contributed by atoms with E-state index in [9.17, 15) is 21.6 Å². The lowest BCUT2D eigenvalue weighted by atomic mass is 10.3. The largest absolute Gasteiger partial charge is 0.326 e. The number of hydrogen-bond acceptors (Lipinski definition) is 5. The van der Waals surface area contributed by atoms with Gasteiger partial charge in [-0.3, -0.25) is 4.79 Å². The second kappa shape index (κ2) is 11.0. The SMILES string of the molecule is CCCCNS(=O)(=O)c1ccc(NC(=O)CCNS(=O)(=O)c2ccc(Br)cc2)cc1. The first-order valence-corrected chi connectivity index (χ1v) is 13.0. The maximum absolute atomic E-state index is 12.2. The van der Waals surface area contributed by atoms with Crippen molar-refractivity contribution in [3.8, 4) is 0 Å². The Labute approximate surface area is 185 Å². The first kappa shape index (κ1) is 24.5. The number of carbonyl (C=O) groups is 1. The maximum atomic E-state index is 12.2. The zero-order valence-electron chi connectivity index (χ0n) is 16.4. The van der Waals surface area contributed by atoms with Gasteiger partial charge < -0.3 is 5.32 Å². The van der Waals surface area contributed by atoms with Crippen LogP contribution in [-0.4, -0.2) is 35.8 Å². The number of halogens is 1. The van der Waals surface area contributed by atoms with Crippen LogP contribution < -0.4 is 14.8 Å². The van der Waals surface area contributed by atoms with Gasteiger partial charge in [-0.25, -0.2) is 26.3 Å². The fraction of sp³-hybridized carbons (Fsp3) is 0.316. The zero-order valence-corrected chi connectivity index (χ0v) is 19.6. The minimum Gasteiger partial charge on any atom is -0.326 e.